The summed E-state index contributed by atoms with van der Waals surface area (Å²) in [4.78, 5) is 23.4. The molecule has 0 aromatic rings. The first-order valence-corrected chi connectivity index (χ1v) is 19.0. The van der Waals surface area contributed by atoms with Gasteiger partial charge in [-0.2, -0.15) is 0 Å². The normalized spacial score (nSPS) is 12.0. The molecular formula is C38H73O4. The standard InChI is InChI=1S/C38H73O4/c1-3-5-7-9-11-13-14-15-16-17-18-19-20-21-22-23-24-26-28-30-32-34-38(41)42-36(35-37(39)40)33-31-29-27-25-12-10-8-6-4-2/h36H,3-35H2,1-2H3. The molecule has 0 saturated carbocycles. The molecule has 1 radical (unpaired) electrons. The molecule has 0 amide bonds. The van der Waals surface area contributed by atoms with Crippen LogP contribution in [-0.2, 0) is 19.4 Å². The third-order valence-electron chi connectivity index (χ3n) is 8.81. The predicted octanol–water partition coefficient (Wildman–Crippen LogP) is 12.8. The van der Waals surface area contributed by atoms with E-state index in [1.165, 1.54) is 167 Å². The average molecular weight is 594 g/mol. The van der Waals surface area contributed by atoms with Crippen molar-refractivity contribution in [3.05, 3.63) is 0 Å². The topological polar surface area (TPSA) is 63.3 Å². The molecular weight excluding hydrogens is 520 g/mol. The molecule has 0 bridgehead atoms. The predicted molar refractivity (Wildman–Crippen MR) is 179 cm³/mol. The lowest BCUT2D eigenvalue weighted by Crippen LogP contribution is -2.21. The van der Waals surface area contributed by atoms with Crippen LogP contribution in [0.1, 0.15) is 226 Å². The van der Waals surface area contributed by atoms with Crippen LogP contribution in [0.2, 0.25) is 0 Å². The fourth-order valence-corrected chi connectivity index (χ4v) is 6.02. The first-order chi connectivity index (χ1) is 20.6. The highest BCUT2D eigenvalue weighted by atomic mass is 16.5. The molecule has 0 rings (SSSR count). The molecule has 0 heterocycles. The smallest absolute Gasteiger partial charge is 0.359 e. The van der Waals surface area contributed by atoms with Crippen LogP contribution in [0.25, 0.3) is 0 Å². The zero-order valence-electron chi connectivity index (χ0n) is 28.5. The van der Waals surface area contributed by atoms with Crippen LogP contribution in [-0.4, -0.2) is 18.0 Å². The maximum absolute atomic E-state index is 12.3. The minimum absolute atomic E-state index is 0.179. The fourth-order valence-electron chi connectivity index (χ4n) is 6.02. The van der Waals surface area contributed by atoms with Gasteiger partial charge in [0.2, 0.25) is 0 Å². The lowest BCUT2D eigenvalue weighted by molar-refractivity contribution is -0.155. The molecule has 0 N–H and O–H groups in total. The van der Waals surface area contributed by atoms with E-state index in [4.69, 9.17) is 4.74 Å². The molecule has 42 heavy (non-hydrogen) atoms. The lowest BCUT2D eigenvalue weighted by Gasteiger charge is -2.16. The molecule has 4 heteroatoms. The maximum atomic E-state index is 12.3. The van der Waals surface area contributed by atoms with Gasteiger partial charge in [-0.1, -0.05) is 194 Å². The highest BCUT2D eigenvalue weighted by molar-refractivity contribution is 5.71. The number of esters is 1. The lowest BCUT2D eigenvalue weighted by atomic mass is 10.0. The van der Waals surface area contributed by atoms with E-state index in [9.17, 15) is 14.7 Å². The van der Waals surface area contributed by atoms with Crippen molar-refractivity contribution in [2.24, 2.45) is 0 Å². The van der Waals surface area contributed by atoms with Gasteiger partial charge in [0.15, 0.2) is 0 Å². The number of carbonyl (C=O) groups excluding carboxylic acids is 2. The minimum Gasteiger partial charge on any atom is -0.462 e. The van der Waals surface area contributed by atoms with Crippen molar-refractivity contribution in [2.45, 2.75) is 232 Å². The van der Waals surface area contributed by atoms with Crippen LogP contribution in [0.3, 0.4) is 0 Å². The number of carbonyl (C=O) groups is 2. The molecule has 0 spiro atoms. The fraction of sp³-hybridized carbons (Fsp3) is 0.947. The largest absolute Gasteiger partial charge is 0.462 e. The second-order valence-electron chi connectivity index (χ2n) is 13.1. The second kappa shape index (κ2) is 34.4. The molecule has 249 valence electrons. The van der Waals surface area contributed by atoms with E-state index < -0.39 is 12.1 Å². The molecule has 0 saturated heterocycles. The Morgan fingerprint density at radius 1 is 0.429 bits per heavy atom. The Labute approximate surface area is 262 Å². The van der Waals surface area contributed by atoms with Crippen molar-refractivity contribution in [3.8, 4) is 0 Å². The van der Waals surface area contributed by atoms with Gasteiger partial charge in [0.05, 0.1) is 6.42 Å². The van der Waals surface area contributed by atoms with Crippen molar-refractivity contribution >= 4 is 11.9 Å². The van der Waals surface area contributed by atoms with Crippen molar-refractivity contribution in [1.29, 1.82) is 0 Å². The summed E-state index contributed by atoms with van der Waals surface area (Å²) in [5, 5.41) is 11.1. The van der Waals surface area contributed by atoms with E-state index in [0.29, 0.717) is 12.8 Å². The van der Waals surface area contributed by atoms with Crippen molar-refractivity contribution in [2.75, 3.05) is 0 Å². The molecule has 1 atom stereocenters. The SMILES string of the molecule is CCCCCCCCCCCCCCCCCCCCCCCC(=O)OC(CCCCCCCCCCC)CC([O])=O. The van der Waals surface area contributed by atoms with Crippen LogP contribution in [0.15, 0.2) is 0 Å². The number of ether oxygens (including phenoxy) is 1. The molecule has 1 unspecified atom stereocenters. The zero-order valence-corrected chi connectivity index (χ0v) is 28.5. The van der Waals surface area contributed by atoms with Gasteiger partial charge in [-0.15, -0.1) is 0 Å². The van der Waals surface area contributed by atoms with Crippen molar-refractivity contribution in [3.63, 3.8) is 0 Å². The summed E-state index contributed by atoms with van der Waals surface area (Å²) >= 11 is 0. The molecule has 0 aliphatic rings. The molecule has 0 aliphatic carbocycles. The zero-order chi connectivity index (χ0) is 30.8. The Morgan fingerprint density at radius 2 is 0.714 bits per heavy atom. The number of rotatable bonds is 35. The summed E-state index contributed by atoms with van der Waals surface area (Å²) in [5.74, 6) is -1.37. The van der Waals surface area contributed by atoms with Crippen LogP contribution in [0.5, 0.6) is 0 Å². The van der Waals surface area contributed by atoms with Crippen molar-refractivity contribution in [1.82, 2.24) is 0 Å². The Balaban J connectivity index is 3.50. The molecule has 0 aromatic carbocycles. The molecule has 0 fully saturated rings. The van der Waals surface area contributed by atoms with Gasteiger partial charge in [0.25, 0.3) is 0 Å². The van der Waals surface area contributed by atoms with Gasteiger partial charge in [0, 0.05) is 6.42 Å². The Kier molecular flexibility index (Phi) is 33.6. The molecule has 4 nitrogen and oxygen atoms in total. The molecule has 0 aromatic heterocycles. The van der Waals surface area contributed by atoms with Crippen LogP contribution in [0, 0.1) is 0 Å². The summed E-state index contributed by atoms with van der Waals surface area (Å²) in [6.45, 7) is 4.52. The summed E-state index contributed by atoms with van der Waals surface area (Å²) < 4.78 is 5.52. The van der Waals surface area contributed by atoms with E-state index in [0.717, 1.165) is 25.7 Å². The first kappa shape index (κ1) is 40.9. The summed E-state index contributed by atoms with van der Waals surface area (Å²) in [7, 11) is 0. The van der Waals surface area contributed by atoms with Gasteiger partial charge in [-0.25, -0.2) is 9.90 Å². The minimum atomic E-state index is -1.13. The highest BCUT2D eigenvalue weighted by Crippen LogP contribution is 2.17. The van der Waals surface area contributed by atoms with Gasteiger partial charge >= 0.3 is 11.9 Å². The van der Waals surface area contributed by atoms with E-state index >= 15 is 0 Å². The van der Waals surface area contributed by atoms with E-state index in [-0.39, 0.29) is 12.4 Å². The number of hydrogen-bond donors (Lipinski definition) is 0. The third kappa shape index (κ3) is 33.4. The Bertz CT molecular complexity index is 561. The highest BCUT2D eigenvalue weighted by Gasteiger charge is 2.18. The Morgan fingerprint density at radius 3 is 1.02 bits per heavy atom. The van der Waals surface area contributed by atoms with Crippen LogP contribution in [0.4, 0.5) is 0 Å². The quantitative estimate of drug-likeness (QED) is 0.0542. The van der Waals surface area contributed by atoms with Crippen LogP contribution < -0.4 is 0 Å². The maximum Gasteiger partial charge on any atom is 0.359 e. The Hall–Kier alpha value is -1.06. The van der Waals surface area contributed by atoms with E-state index in [1.54, 1.807) is 0 Å². The second-order valence-corrected chi connectivity index (χ2v) is 13.1. The average Bonchev–Trinajstić information content (AvgIpc) is 2.96. The summed E-state index contributed by atoms with van der Waals surface area (Å²) in [6.07, 6.45) is 39.5. The first-order valence-electron chi connectivity index (χ1n) is 19.0. The van der Waals surface area contributed by atoms with Gasteiger partial charge in [-0.3, -0.25) is 4.79 Å². The summed E-state index contributed by atoms with van der Waals surface area (Å²) in [5.41, 5.74) is 0. The van der Waals surface area contributed by atoms with Gasteiger partial charge in [-0.05, 0) is 19.3 Å². The van der Waals surface area contributed by atoms with E-state index in [2.05, 4.69) is 13.8 Å². The number of hydrogen-bond acceptors (Lipinski definition) is 3. The van der Waals surface area contributed by atoms with Crippen LogP contribution >= 0.6 is 0 Å². The third-order valence-corrected chi connectivity index (χ3v) is 8.81. The summed E-state index contributed by atoms with van der Waals surface area (Å²) in [6, 6.07) is 0. The number of unbranched alkanes of at least 4 members (excludes halogenated alkanes) is 28. The monoisotopic (exact) mass is 594 g/mol. The van der Waals surface area contributed by atoms with E-state index in [1.807, 2.05) is 0 Å². The van der Waals surface area contributed by atoms with Crippen molar-refractivity contribution < 1.29 is 19.4 Å². The van der Waals surface area contributed by atoms with Gasteiger partial charge in [0.1, 0.15) is 6.10 Å². The van der Waals surface area contributed by atoms with Gasteiger partial charge < -0.3 is 4.74 Å². The molecule has 0 aliphatic heterocycles.